The molecule has 8 heteroatoms. The normalized spacial score (nSPS) is 15.0. The molecule has 0 aliphatic carbocycles. The highest BCUT2D eigenvalue weighted by Gasteiger charge is 2.15. The molecular weight excluding hydrogens is 368 g/mol. The van der Waals surface area contributed by atoms with Gasteiger partial charge >= 0.3 is 0 Å². The Morgan fingerprint density at radius 1 is 1.31 bits per heavy atom. The van der Waals surface area contributed by atoms with Crippen LogP contribution in [0.2, 0.25) is 0 Å². The zero-order valence-electron chi connectivity index (χ0n) is 16.3. The molecule has 3 heterocycles. The lowest BCUT2D eigenvalue weighted by Crippen LogP contribution is -2.36. The summed E-state index contributed by atoms with van der Waals surface area (Å²) in [6, 6.07) is 11.2. The van der Waals surface area contributed by atoms with E-state index in [2.05, 4.69) is 25.2 Å². The van der Waals surface area contributed by atoms with Crippen molar-refractivity contribution in [3.63, 3.8) is 0 Å². The summed E-state index contributed by atoms with van der Waals surface area (Å²) in [5.41, 5.74) is 7.68. The van der Waals surface area contributed by atoms with Crippen LogP contribution in [0.3, 0.4) is 0 Å². The van der Waals surface area contributed by atoms with Crippen molar-refractivity contribution >= 4 is 22.8 Å². The number of amides is 1. The van der Waals surface area contributed by atoms with Gasteiger partial charge in [-0.1, -0.05) is 12.1 Å². The van der Waals surface area contributed by atoms with Crippen LogP contribution in [-0.2, 0) is 6.54 Å². The predicted molar refractivity (Wildman–Crippen MR) is 112 cm³/mol. The lowest BCUT2D eigenvalue weighted by atomic mass is 10.2. The van der Waals surface area contributed by atoms with E-state index in [-0.39, 0.29) is 11.9 Å². The number of fused-ring (bicyclic) bond motifs is 1. The molecule has 3 aromatic rings. The molecule has 1 aliphatic rings. The van der Waals surface area contributed by atoms with Crippen molar-refractivity contribution in [2.24, 2.45) is 10.7 Å². The molecule has 0 saturated carbocycles. The molecule has 4 N–H and O–H groups in total. The SMILES string of the molecule is CN=C(N)NC(=O)c1cc2cccc(Oc3ccnc(CN4CCCC4)c3)c2[nH]1. The average Bonchev–Trinajstić information content (AvgIpc) is 3.38. The number of guanidine groups is 1. The van der Waals surface area contributed by atoms with Gasteiger partial charge in [-0.3, -0.25) is 25.0 Å². The Morgan fingerprint density at radius 2 is 2.14 bits per heavy atom. The zero-order valence-corrected chi connectivity index (χ0v) is 16.3. The first-order valence-corrected chi connectivity index (χ1v) is 9.63. The molecule has 1 aromatic carbocycles. The van der Waals surface area contributed by atoms with Crippen LogP contribution < -0.4 is 15.8 Å². The fraction of sp³-hybridized carbons (Fsp3) is 0.286. The third-order valence-electron chi connectivity index (χ3n) is 4.95. The van der Waals surface area contributed by atoms with Crippen LogP contribution in [0.25, 0.3) is 10.9 Å². The minimum atomic E-state index is -0.355. The number of carbonyl (C=O) groups excluding carboxylic acids is 1. The van der Waals surface area contributed by atoms with E-state index < -0.39 is 0 Å². The number of aromatic amines is 1. The quantitative estimate of drug-likeness (QED) is 0.457. The number of carbonyl (C=O) groups is 1. The van der Waals surface area contributed by atoms with E-state index in [1.807, 2.05) is 30.3 Å². The Balaban J connectivity index is 1.55. The number of H-pyrrole nitrogens is 1. The molecule has 2 aromatic heterocycles. The Hall–Kier alpha value is -3.39. The van der Waals surface area contributed by atoms with Crippen LogP contribution in [-0.4, -0.2) is 46.9 Å². The molecule has 1 aliphatic heterocycles. The molecule has 4 rings (SSSR count). The van der Waals surface area contributed by atoms with E-state index in [0.717, 1.165) is 36.2 Å². The fourth-order valence-corrected chi connectivity index (χ4v) is 3.48. The van der Waals surface area contributed by atoms with E-state index in [4.69, 9.17) is 10.5 Å². The summed E-state index contributed by atoms with van der Waals surface area (Å²) in [6.07, 6.45) is 4.26. The van der Waals surface area contributed by atoms with Gasteiger partial charge in [-0.15, -0.1) is 0 Å². The molecule has 29 heavy (non-hydrogen) atoms. The van der Waals surface area contributed by atoms with Gasteiger partial charge in [0, 0.05) is 31.2 Å². The zero-order chi connectivity index (χ0) is 20.2. The average molecular weight is 392 g/mol. The molecule has 1 saturated heterocycles. The van der Waals surface area contributed by atoms with Gasteiger partial charge in [0.25, 0.3) is 5.91 Å². The Morgan fingerprint density at radius 3 is 2.93 bits per heavy atom. The first-order chi connectivity index (χ1) is 14.1. The summed E-state index contributed by atoms with van der Waals surface area (Å²) in [5.74, 6) is 1.06. The third kappa shape index (κ3) is 4.38. The lowest BCUT2D eigenvalue weighted by Gasteiger charge is -2.14. The van der Waals surface area contributed by atoms with Gasteiger partial charge in [0.15, 0.2) is 11.7 Å². The van der Waals surface area contributed by atoms with Crippen LogP contribution in [0.4, 0.5) is 0 Å². The minimum Gasteiger partial charge on any atom is -0.455 e. The molecule has 0 radical (unpaired) electrons. The number of nitrogens with zero attached hydrogens (tertiary/aromatic N) is 3. The van der Waals surface area contributed by atoms with Crippen molar-refractivity contribution in [1.82, 2.24) is 20.2 Å². The van der Waals surface area contributed by atoms with Gasteiger partial charge in [-0.05, 0) is 44.1 Å². The van der Waals surface area contributed by atoms with Crippen molar-refractivity contribution in [3.05, 3.63) is 54.0 Å². The van der Waals surface area contributed by atoms with Gasteiger partial charge in [0.2, 0.25) is 0 Å². The number of nitrogens with two attached hydrogens (primary N) is 1. The van der Waals surface area contributed by atoms with Crippen molar-refractivity contribution in [1.29, 1.82) is 0 Å². The molecule has 8 nitrogen and oxygen atoms in total. The van der Waals surface area contributed by atoms with Crippen LogP contribution >= 0.6 is 0 Å². The number of benzene rings is 1. The van der Waals surface area contributed by atoms with Gasteiger partial charge in [-0.25, -0.2) is 0 Å². The highest BCUT2D eigenvalue weighted by atomic mass is 16.5. The second kappa shape index (κ2) is 8.32. The summed E-state index contributed by atoms with van der Waals surface area (Å²) in [6.45, 7) is 3.06. The maximum Gasteiger partial charge on any atom is 0.274 e. The van der Waals surface area contributed by atoms with E-state index in [0.29, 0.717) is 17.2 Å². The number of aromatic nitrogens is 2. The van der Waals surface area contributed by atoms with E-state index in [1.165, 1.54) is 19.9 Å². The monoisotopic (exact) mass is 392 g/mol. The summed E-state index contributed by atoms with van der Waals surface area (Å²) >= 11 is 0. The van der Waals surface area contributed by atoms with Crippen LogP contribution in [0.1, 0.15) is 29.0 Å². The van der Waals surface area contributed by atoms with E-state index >= 15 is 0 Å². The smallest absolute Gasteiger partial charge is 0.274 e. The fourth-order valence-electron chi connectivity index (χ4n) is 3.48. The molecule has 150 valence electrons. The number of aliphatic imine (C=N–C) groups is 1. The first kappa shape index (κ1) is 18.9. The second-order valence-corrected chi connectivity index (χ2v) is 7.03. The summed E-state index contributed by atoms with van der Waals surface area (Å²) in [7, 11) is 1.51. The summed E-state index contributed by atoms with van der Waals surface area (Å²) < 4.78 is 6.12. The standard InChI is InChI=1S/C21H24N6O2/c1-23-21(22)26-20(28)17-11-14-5-4-6-18(19(14)25-17)29-16-7-8-24-15(12-16)13-27-9-2-3-10-27/h4-8,11-12,25H,2-3,9-10,13H2,1H3,(H3,22,23,26,28). The van der Waals surface area contributed by atoms with Crippen molar-refractivity contribution in [2.75, 3.05) is 20.1 Å². The highest BCUT2D eigenvalue weighted by Crippen LogP contribution is 2.30. The van der Waals surface area contributed by atoms with Gasteiger partial charge in [-0.2, -0.15) is 0 Å². The molecule has 0 unspecified atom stereocenters. The molecule has 0 bridgehead atoms. The van der Waals surface area contributed by atoms with Gasteiger partial charge in [0.1, 0.15) is 11.4 Å². The second-order valence-electron chi connectivity index (χ2n) is 7.03. The number of ether oxygens (including phenoxy) is 1. The maximum atomic E-state index is 12.3. The minimum absolute atomic E-state index is 0.0625. The number of likely N-dealkylation sites (tertiary alicyclic amines) is 1. The van der Waals surface area contributed by atoms with Crippen molar-refractivity contribution < 1.29 is 9.53 Å². The van der Waals surface area contributed by atoms with E-state index in [1.54, 1.807) is 12.3 Å². The van der Waals surface area contributed by atoms with Gasteiger partial charge in [0.05, 0.1) is 11.2 Å². The highest BCUT2D eigenvalue weighted by molar-refractivity contribution is 6.07. The summed E-state index contributed by atoms with van der Waals surface area (Å²) in [4.78, 5) is 26.0. The molecule has 1 fully saturated rings. The largest absolute Gasteiger partial charge is 0.455 e. The predicted octanol–water partition coefficient (Wildman–Crippen LogP) is 2.63. The Labute approximate surface area is 168 Å². The van der Waals surface area contributed by atoms with Crippen LogP contribution in [0.15, 0.2) is 47.6 Å². The van der Waals surface area contributed by atoms with E-state index in [9.17, 15) is 4.79 Å². The molecular formula is C21H24N6O2. The van der Waals surface area contributed by atoms with Crippen molar-refractivity contribution in [3.8, 4) is 11.5 Å². The van der Waals surface area contributed by atoms with Crippen LogP contribution in [0, 0.1) is 0 Å². The number of hydrogen-bond donors (Lipinski definition) is 3. The number of pyridine rings is 1. The number of para-hydroxylation sites is 1. The lowest BCUT2D eigenvalue weighted by molar-refractivity contribution is 0.0972. The number of nitrogens with one attached hydrogen (secondary N) is 2. The Bertz CT molecular complexity index is 1050. The molecule has 0 spiro atoms. The molecule has 0 atom stereocenters. The molecule has 1 amide bonds. The van der Waals surface area contributed by atoms with Crippen LogP contribution in [0.5, 0.6) is 11.5 Å². The number of hydrogen-bond acceptors (Lipinski definition) is 5. The maximum absolute atomic E-state index is 12.3. The first-order valence-electron chi connectivity index (χ1n) is 9.63. The number of rotatable bonds is 5. The van der Waals surface area contributed by atoms with Crippen molar-refractivity contribution in [2.45, 2.75) is 19.4 Å². The third-order valence-corrected chi connectivity index (χ3v) is 4.95. The topological polar surface area (TPSA) is 109 Å². The Kier molecular flexibility index (Phi) is 5.44. The summed E-state index contributed by atoms with van der Waals surface area (Å²) in [5, 5.41) is 3.39. The van der Waals surface area contributed by atoms with Gasteiger partial charge < -0.3 is 15.5 Å².